The number of hydrogen-bond donors (Lipinski definition) is 1. The molecule has 1 aromatic rings. The first-order valence-electron chi connectivity index (χ1n) is 9.18. The molecular weight excluding hydrogens is 345 g/mol. The van der Waals surface area contributed by atoms with E-state index in [2.05, 4.69) is 17.0 Å². The van der Waals surface area contributed by atoms with Gasteiger partial charge in [0.25, 0.3) is 5.91 Å². The minimum atomic E-state index is -4.24. The van der Waals surface area contributed by atoms with Gasteiger partial charge in [-0.15, -0.1) is 6.58 Å². The molecule has 2 heterocycles. The highest BCUT2D eigenvalue weighted by molar-refractivity contribution is 5.94. The molecule has 2 aliphatic rings. The van der Waals surface area contributed by atoms with Gasteiger partial charge in [0.05, 0.1) is 13.1 Å². The van der Waals surface area contributed by atoms with E-state index in [1.165, 1.54) is 0 Å². The van der Waals surface area contributed by atoms with Crippen LogP contribution in [-0.2, 0) is 19.4 Å². The topological polar surface area (TPSA) is 50.2 Å². The zero-order chi connectivity index (χ0) is 18.7. The zero-order valence-corrected chi connectivity index (χ0v) is 14.8. The first kappa shape index (κ1) is 18.9. The van der Waals surface area contributed by atoms with Crippen molar-refractivity contribution in [2.24, 2.45) is 0 Å². The number of nitrogens with one attached hydrogen (secondary N) is 1. The number of fused-ring (bicyclic) bond motifs is 1. The van der Waals surface area contributed by atoms with Crippen LogP contribution in [0.3, 0.4) is 0 Å². The van der Waals surface area contributed by atoms with Gasteiger partial charge in [-0.25, -0.2) is 0 Å². The molecule has 1 aromatic heterocycles. The van der Waals surface area contributed by atoms with Gasteiger partial charge in [0.2, 0.25) is 0 Å². The molecule has 1 aliphatic heterocycles. The van der Waals surface area contributed by atoms with Gasteiger partial charge in [0.1, 0.15) is 0 Å². The molecule has 1 fully saturated rings. The van der Waals surface area contributed by atoms with Gasteiger partial charge >= 0.3 is 6.18 Å². The maximum atomic E-state index is 12.9. The highest BCUT2D eigenvalue weighted by Gasteiger charge is 2.33. The fourth-order valence-corrected chi connectivity index (χ4v) is 3.81. The van der Waals surface area contributed by atoms with Gasteiger partial charge in [-0.1, -0.05) is 6.08 Å². The van der Waals surface area contributed by atoms with Crippen molar-refractivity contribution < 1.29 is 18.0 Å². The lowest BCUT2D eigenvalue weighted by molar-refractivity contribution is -0.126. The normalized spacial score (nSPS) is 20.7. The third kappa shape index (κ3) is 4.28. The molecule has 144 valence electrons. The zero-order valence-electron chi connectivity index (χ0n) is 14.8. The first-order valence-corrected chi connectivity index (χ1v) is 9.18. The fourth-order valence-electron chi connectivity index (χ4n) is 3.81. The number of carbonyl (C=O) groups excluding carboxylic acids is 1. The fraction of sp³-hybridized carbons (Fsp3) is 0.667. The second-order valence-electron chi connectivity index (χ2n) is 7.03. The molecule has 3 rings (SSSR count). The number of allylic oxidation sites excluding steroid dienone is 1. The van der Waals surface area contributed by atoms with Crippen molar-refractivity contribution in [2.45, 2.75) is 57.3 Å². The summed E-state index contributed by atoms with van der Waals surface area (Å²) in [6.45, 7) is 4.65. The molecule has 1 N–H and O–H groups in total. The Hall–Kier alpha value is -1.83. The van der Waals surface area contributed by atoms with Crippen LogP contribution in [0.2, 0.25) is 0 Å². The molecule has 1 unspecified atom stereocenters. The monoisotopic (exact) mass is 370 g/mol. The Bertz CT molecular complexity index is 662. The van der Waals surface area contributed by atoms with Crippen molar-refractivity contribution >= 4 is 5.91 Å². The van der Waals surface area contributed by atoms with Crippen LogP contribution in [0.5, 0.6) is 0 Å². The summed E-state index contributed by atoms with van der Waals surface area (Å²) >= 11 is 0. The molecule has 1 amide bonds. The summed E-state index contributed by atoms with van der Waals surface area (Å²) < 4.78 is 39.3. The average Bonchev–Trinajstić information content (AvgIpc) is 2.98. The maximum absolute atomic E-state index is 12.9. The van der Waals surface area contributed by atoms with Crippen LogP contribution in [0.4, 0.5) is 13.2 Å². The van der Waals surface area contributed by atoms with Crippen molar-refractivity contribution in [1.82, 2.24) is 20.0 Å². The number of halogens is 3. The number of amides is 1. The van der Waals surface area contributed by atoms with E-state index in [1.54, 1.807) is 10.8 Å². The summed E-state index contributed by atoms with van der Waals surface area (Å²) in [6, 6.07) is -0.293. The van der Waals surface area contributed by atoms with E-state index in [1.807, 2.05) is 4.90 Å². The highest BCUT2D eigenvalue weighted by Crippen LogP contribution is 2.27. The van der Waals surface area contributed by atoms with E-state index in [-0.39, 0.29) is 11.9 Å². The van der Waals surface area contributed by atoms with Crippen molar-refractivity contribution in [3.63, 3.8) is 0 Å². The number of piperidine rings is 1. The minimum absolute atomic E-state index is 0.0970. The summed E-state index contributed by atoms with van der Waals surface area (Å²) in [4.78, 5) is 14.8. The third-order valence-corrected chi connectivity index (χ3v) is 5.09. The summed E-state index contributed by atoms with van der Waals surface area (Å²) in [5.74, 6) is -0.0970. The minimum Gasteiger partial charge on any atom is -0.337 e. The van der Waals surface area contributed by atoms with E-state index in [0.29, 0.717) is 31.5 Å². The Kier molecular flexibility index (Phi) is 5.70. The van der Waals surface area contributed by atoms with Crippen LogP contribution >= 0.6 is 0 Å². The van der Waals surface area contributed by atoms with Gasteiger partial charge < -0.3 is 10.2 Å². The quantitative estimate of drug-likeness (QED) is 0.811. The smallest absolute Gasteiger partial charge is 0.337 e. The molecule has 0 bridgehead atoms. The van der Waals surface area contributed by atoms with E-state index in [4.69, 9.17) is 0 Å². The van der Waals surface area contributed by atoms with Crippen molar-refractivity contribution in [1.29, 1.82) is 0 Å². The summed E-state index contributed by atoms with van der Waals surface area (Å²) in [6.07, 6.45) is 2.18. The van der Waals surface area contributed by atoms with E-state index in [0.717, 1.165) is 43.6 Å². The van der Waals surface area contributed by atoms with E-state index < -0.39 is 12.7 Å². The molecule has 1 saturated heterocycles. The van der Waals surface area contributed by atoms with Crippen molar-refractivity contribution in [2.75, 3.05) is 19.6 Å². The lowest BCUT2D eigenvalue weighted by Crippen LogP contribution is -2.41. The lowest BCUT2D eigenvalue weighted by atomic mass is 9.91. The predicted molar refractivity (Wildman–Crippen MR) is 92.0 cm³/mol. The number of carbonyl (C=O) groups is 1. The molecule has 5 nitrogen and oxygen atoms in total. The standard InChI is InChI=1S/C18H25F3N4O/c1-2-8-25-15-7-6-13(22-12-18(19,20)21)11-14(15)16(23-25)17(26)24-9-4-3-5-10-24/h2,13,22H,1,3-12H2. The van der Waals surface area contributed by atoms with Crippen molar-refractivity contribution in [3.05, 3.63) is 29.6 Å². The first-order chi connectivity index (χ1) is 12.4. The van der Waals surface area contributed by atoms with Gasteiger partial charge in [0, 0.05) is 30.4 Å². The van der Waals surface area contributed by atoms with Crippen LogP contribution in [-0.4, -0.2) is 52.4 Å². The Morgan fingerprint density at radius 1 is 1.31 bits per heavy atom. The molecular formula is C18H25F3N4O. The van der Waals surface area contributed by atoms with Gasteiger partial charge in [-0.2, -0.15) is 18.3 Å². The predicted octanol–water partition coefficient (Wildman–Crippen LogP) is 2.70. The molecule has 0 radical (unpaired) electrons. The SMILES string of the molecule is C=CCn1nc(C(=O)N2CCCCC2)c2c1CCC(NCC(F)(F)F)C2. The number of alkyl halides is 3. The second-order valence-corrected chi connectivity index (χ2v) is 7.03. The number of rotatable bonds is 5. The Labute approximate surface area is 151 Å². The number of likely N-dealkylation sites (tertiary alicyclic amines) is 1. The molecule has 1 aliphatic carbocycles. The number of nitrogens with zero attached hydrogens (tertiary/aromatic N) is 3. The average molecular weight is 370 g/mol. The number of aromatic nitrogens is 2. The molecule has 26 heavy (non-hydrogen) atoms. The highest BCUT2D eigenvalue weighted by atomic mass is 19.4. The van der Waals surface area contributed by atoms with Gasteiger partial charge in [-0.05, 0) is 38.5 Å². The number of hydrogen-bond acceptors (Lipinski definition) is 3. The van der Waals surface area contributed by atoms with Crippen molar-refractivity contribution in [3.8, 4) is 0 Å². The Morgan fingerprint density at radius 3 is 2.69 bits per heavy atom. The van der Waals surface area contributed by atoms with Gasteiger partial charge in [-0.3, -0.25) is 9.48 Å². The Balaban J connectivity index is 1.82. The summed E-state index contributed by atoms with van der Waals surface area (Å²) in [7, 11) is 0. The van der Waals surface area contributed by atoms with Gasteiger partial charge in [0.15, 0.2) is 5.69 Å². The largest absolute Gasteiger partial charge is 0.401 e. The van der Waals surface area contributed by atoms with Crippen LogP contribution in [0, 0.1) is 0 Å². The summed E-state index contributed by atoms with van der Waals surface area (Å²) in [5, 5.41) is 7.09. The molecule has 0 aromatic carbocycles. The second kappa shape index (κ2) is 7.82. The summed E-state index contributed by atoms with van der Waals surface area (Å²) in [5.41, 5.74) is 2.16. The molecule has 0 spiro atoms. The van der Waals surface area contributed by atoms with Crippen LogP contribution < -0.4 is 5.32 Å². The molecule has 8 heteroatoms. The van der Waals surface area contributed by atoms with E-state index >= 15 is 0 Å². The molecule has 0 saturated carbocycles. The van der Waals surface area contributed by atoms with Crippen LogP contribution in [0.1, 0.15) is 47.4 Å². The Morgan fingerprint density at radius 2 is 2.04 bits per heavy atom. The van der Waals surface area contributed by atoms with Crippen LogP contribution in [0.15, 0.2) is 12.7 Å². The maximum Gasteiger partial charge on any atom is 0.401 e. The lowest BCUT2D eigenvalue weighted by Gasteiger charge is -2.28. The molecule has 1 atom stereocenters. The van der Waals surface area contributed by atoms with E-state index in [9.17, 15) is 18.0 Å². The third-order valence-electron chi connectivity index (χ3n) is 5.09. The van der Waals surface area contributed by atoms with Crippen LogP contribution in [0.25, 0.3) is 0 Å².